The number of hydrogen-bond acceptors (Lipinski definition) is 3. The van der Waals surface area contributed by atoms with E-state index in [2.05, 4.69) is 34.9 Å². The Morgan fingerprint density at radius 2 is 2.16 bits per heavy atom. The molecule has 1 aliphatic heterocycles. The van der Waals surface area contributed by atoms with Crippen molar-refractivity contribution in [2.24, 2.45) is 0 Å². The Kier molecular flexibility index (Phi) is 5.86. The Balaban J connectivity index is 1.76. The highest BCUT2D eigenvalue weighted by atomic mass is 16.5. The second-order valence-corrected chi connectivity index (χ2v) is 5.41. The number of aromatic nitrogens is 2. The van der Waals surface area contributed by atoms with E-state index in [1.165, 1.54) is 25.1 Å². The Bertz CT molecular complexity index is 364. The van der Waals surface area contributed by atoms with Gasteiger partial charge in [-0.2, -0.15) is 0 Å². The van der Waals surface area contributed by atoms with E-state index < -0.39 is 0 Å². The molecule has 1 N–H and O–H groups in total. The number of ether oxygens (including phenoxy) is 1. The smallest absolute Gasteiger partial charge is 0.108 e. The molecular weight excluding hydrogens is 238 g/mol. The molecule has 1 saturated heterocycles. The molecule has 19 heavy (non-hydrogen) atoms. The Hall–Kier alpha value is -0.870. The van der Waals surface area contributed by atoms with Crippen LogP contribution in [0, 0.1) is 0 Å². The monoisotopic (exact) mass is 265 g/mol. The first-order valence-corrected chi connectivity index (χ1v) is 7.69. The van der Waals surface area contributed by atoms with Gasteiger partial charge in [-0.25, -0.2) is 4.98 Å². The van der Waals surface area contributed by atoms with Gasteiger partial charge in [-0.1, -0.05) is 13.8 Å². The Morgan fingerprint density at radius 1 is 1.32 bits per heavy atom. The number of aryl methyl sites for hydroxylation is 1. The number of rotatable bonds is 8. The third-order valence-electron chi connectivity index (χ3n) is 3.67. The highest BCUT2D eigenvalue weighted by molar-refractivity contribution is 4.93. The van der Waals surface area contributed by atoms with Crippen molar-refractivity contribution in [1.29, 1.82) is 0 Å². The molecule has 2 heterocycles. The third kappa shape index (κ3) is 4.32. The van der Waals surface area contributed by atoms with Crippen molar-refractivity contribution in [1.82, 2.24) is 14.9 Å². The molecule has 1 aromatic heterocycles. The van der Waals surface area contributed by atoms with Gasteiger partial charge in [-0.3, -0.25) is 0 Å². The lowest BCUT2D eigenvalue weighted by molar-refractivity contribution is 0.0358. The Morgan fingerprint density at radius 3 is 2.95 bits per heavy atom. The van der Waals surface area contributed by atoms with Crippen molar-refractivity contribution >= 4 is 0 Å². The first-order chi connectivity index (χ1) is 9.33. The van der Waals surface area contributed by atoms with Crippen molar-refractivity contribution in [3.8, 4) is 0 Å². The van der Waals surface area contributed by atoms with Crippen LogP contribution in [0.25, 0.3) is 0 Å². The van der Waals surface area contributed by atoms with Gasteiger partial charge in [0.2, 0.25) is 0 Å². The zero-order valence-electron chi connectivity index (χ0n) is 12.3. The summed E-state index contributed by atoms with van der Waals surface area (Å²) in [5.74, 6) is 1.19. The van der Waals surface area contributed by atoms with Crippen LogP contribution in [-0.4, -0.2) is 34.8 Å². The van der Waals surface area contributed by atoms with E-state index in [4.69, 9.17) is 4.74 Å². The lowest BCUT2D eigenvalue weighted by atomic mass is 10.2. The van der Waals surface area contributed by atoms with Crippen LogP contribution in [0.1, 0.15) is 45.4 Å². The zero-order chi connectivity index (χ0) is 13.5. The van der Waals surface area contributed by atoms with Gasteiger partial charge in [-0.15, -0.1) is 0 Å². The molecule has 2 unspecified atom stereocenters. The van der Waals surface area contributed by atoms with E-state index in [1.54, 1.807) is 0 Å². The molecule has 1 aromatic rings. The summed E-state index contributed by atoms with van der Waals surface area (Å²) in [7, 11) is 0. The van der Waals surface area contributed by atoms with E-state index in [1.807, 2.05) is 6.20 Å². The van der Waals surface area contributed by atoms with Crippen LogP contribution >= 0.6 is 0 Å². The van der Waals surface area contributed by atoms with E-state index in [0.717, 1.165) is 32.5 Å². The molecule has 0 bridgehead atoms. The van der Waals surface area contributed by atoms with E-state index in [9.17, 15) is 0 Å². The summed E-state index contributed by atoms with van der Waals surface area (Å²) in [6, 6.07) is 0. The van der Waals surface area contributed by atoms with Crippen LogP contribution in [0.3, 0.4) is 0 Å². The van der Waals surface area contributed by atoms with Gasteiger partial charge in [0.1, 0.15) is 5.82 Å². The van der Waals surface area contributed by atoms with Gasteiger partial charge in [0.25, 0.3) is 0 Å². The molecule has 0 aromatic carbocycles. The molecule has 0 saturated carbocycles. The molecule has 108 valence electrons. The van der Waals surface area contributed by atoms with Crippen LogP contribution < -0.4 is 5.32 Å². The fourth-order valence-electron chi connectivity index (χ4n) is 2.68. The molecule has 1 fully saturated rings. The van der Waals surface area contributed by atoms with Gasteiger partial charge in [0.05, 0.1) is 18.8 Å². The highest BCUT2D eigenvalue weighted by Gasteiger charge is 2.25. The molecule has 1 aliphatic rings. The van der Waals surface area contributed by atoms with Crippen LogP contribution in [-0.2, 0) is 17.7 Å². The molecule has 4 heteroatoms. The van der Waals surface area contributed by atoms with Gasteiger partial charge in [0.15, 0.2) is 0 Å². The summed E-state index contributed by atoms with van der Waals surface area (Å²) in [5, 5.41) is 3.44. The van der Waals surface area contributed by atoms with Crippen LogP contribution in [0.15, 0.2) is 12.4 Å². The fourth-order valence-corrected chi connectivity index (χ4v) is 2.68. The van der Waals surface area contributed by atoms with Crippen LogP contribution in [0.4, 0.5) is 0 Å². The lowest BCUT2D eigenvalue weighted by Gasteiger charge is -2.16. The first kappa shape index (κ1) is 14.5. The van der Waals surface area contributed by atoms with Crippen molar-refractivity contribution in [2.45, 2.75) is 64.7 Å². The number of imidazole rings is 1. The SMILES string of the molecule is CCCNCC1CCC(Cn2ccnc2CCC)O1. The number of nitrogens with zero attached hydrogens (tertiary/aromatic N) is 2. The fraction of sp³-hybridized carbons (Fsp3) is 0.800. The molecule has 4 nitrogen and oxygen atoms in total. The zero-order valence-corrected chi connectivity index (χ0v) is 12.3. The molecule has 2 rings (SSSR count). The second kappa shape index (κ2) is 7.65. The third-order valence-corrected chi connectivity index (χ3v) is 3.67. The van der Waals surface area contributed by atoms with E-state index >= 15 is 0 Å². The maximum absolute atomic E-state index is 6.10. The maximum Gasteiger partial charge on any atom is 0.108 e. The van der Waals surface area contributed by atoms with Crippen molar-refractivity contribution in [3.63, 3.8) is 0 Å². The van der Waals surface area contributed by atoms with Crippen molar-refractivity contribution in [3.05, 3.63) is 18.2 Å². The second-order valence-electron chi connectivity index (χ2n) is 5.41. The van der Waals surface area contributed by atoms with Gasteiger partial charge in [0, 0.05) is 25.4 Å². The normalized spacial score (nSPS) is 23.1. The number of nitrogens with one attached hydrogen (secondary N) is 1. The van der Waals surface area contributed by atoms with Gasteiger partial charge in [-0.05, 0) is 32.2 Å². The molecule has 0 aliphatic carbocycles. The Labute approximate surface area is 116 Å². The molecule has 0 spiro atoms. The minimum Gasteiger partial charge on any atom is -0.372 e. The maximum atomic E-state index is 6.10. The quantitative estimate of drug-likeness (QED) is 0.734. The average molecular weight is 265 g/mol. The van der Waals surface area contributed by atoms with Crippen LogP contribution in [0.5, 0.6) is 0 Å². The molecule has 0 amide bonds. The van der Waals surface area contributed by atoms with Gasteiger partial charge < -0.3 is 14.6 Å². The highest BCUT2D eigenvalue weighted by Crippen LogP contribution is 2.21. The summed E-state index contributed by atoms with van der Waals surface area (Å²) < 4.78 is 8.36. The lowest BCUT2D eigenvalue weighted by Crippen LogP contribution is -2.28. The standard InChI is InChI=1S/C15H27N3O/c1-3-5-15-17-9-10-18(15)12-14-7-6-13(19-14)11-16-8-4-2/h9-10,13-14,16H,3-8,11-12H2,1-2H3. The van der Waals surface area contributed by atoms with E-state index in [0.29, 0.717) is 12.2 Å². The van der Waals surface area contributed by atoms with Gasteiger partial charge >= 0.3 is 0 Å². The first-order valence-electron chi connectivity index (χ1n) is 7.69. The summed E-state index contributed by atoms with van der Waals surface area (Å²) in [6.07, 6.45) is 10.5. The largest absolute Gasteiger partial charge is 0.372 e. The van der Waals surface area contributed by atoms with Crippen molar-refractivity contribution < 1.29 is 4.74 Å². The predicted octanol–water partition coefficient (Wildman–Crippen LogP) is 2.38. The van der Waals surface area contributed by atoms with Crippen LogP contribution in [0.2, 0.25) is 0 Å². The van der Waals surface area contributed by atoms with Crippen molar-refractivity contribution in [2.75, 3.05) is 13.1 Å². The predicted molar refractivity (Wildman–Crippen MR) is 77.3 cm³/mol. The minimum atomic E-state index is 0.359. The molecule has 2 atom stereocenters. The molecule has 0 radical (unpaired) electrons. The summed E-state index contributed by atoms with van der Waals surface area (Å²) in [6.45, 7) is 7.43. The number of hydrogen-bond donors (Lipinski definition) is 1. The minimum absolute atomic E-state index is 0.359. The summed E-state index contributed by atoms with van der Waals surface area (Å²) in [4.78, 5) is 4.42. The summed E-state index contributed by atoms with van der Waals surface area (Å²) >= 11 is 0. The average Bonchev–Trinajstić information content (AvgIpc) is 3.02. The van der Waals surface area contributed by atoms with E-state index in [-0.39, 0.29) is 0 Å². The molecular formula is C15H27N3O. The topological polar surface area (TPSA) is 39.1 Å². The summed E-state index contributed by atoms with van der Waals surface area (Å²) in [5.41, 5.74) is 0.